The van der Waals surface area contributed by atoms with Crippen molar-refractivity contribution in [2.24, 2.45) is 11.7 Å². The average Bonchev–Trinajstić information content (AvgIpc) is 2.69. The first kappa shape index (κ1) is 16.4. The Balaban J connectivity index is 2.33. The molecule has 3 atom stereocenters. The molecule has 112 valence electrons. The number of rotatable bonds is 6. The molecular weight excluding hydrogens is 242 g/mol. The Morgan fingerprint density at radius 3 is 2.58 bits per heavy atom. The van der Waals surface area contributed by atoms with E-state index in [1.165, 1.54) is 7.11 Å². The second-order valence-corrected chi connectivity index (χ2v) is 6.28. The minimum absolute atomic E-state index is 0.326. The van der Waals surface area contributed by atoms with Crippen LogP contribution in [0.4, 0.5) is 0 Å². The van der Waals surface area contributed by atoms with Gasteiger partial charge in [-0.3, -0.25) is 4.79 Å². The third kappa shape index (κ3) is 4.44. The Labute approximate surface area is 117 Å². The van der Waals surface area contributed by atoms with Crippen LogP contribution < -0.4 is 5.73 Å². The maximum atomic E-state index is 11.5. The van der Waals surface area contributed by atoms with E-state index in [0.29, 0.717) is 18.4 Å². The predicted octanol–water partition coefficient (Wildman–Crippen LogP) is 0.539. The monoisotopic (exact) mass is 271 g/mol. The molecule has 0 aromatic carbocycles. The minimum atomic E-state index is -0.860. The van der Waals surface area contributed by atoms with E-state index in [4.69, 9.17) is 10.5 Å². The summed E-state index contributed by atoms with van der Waals surface area (Å²) >= 11 is 0. The van der Waals surface area contributed by atoms with Crippen LogP contribution in [-0.4, -0.2) is 68.2 Å². The summed E-state index contributed by atoms with van der Waals surface area (Å²) in [6.45, 7) is 7.27. The van der Waals surface area contributed by atoms with Gasteiger partial charge in [0.25, 0.3) is 0 Å². The normalized spacial score (nSPS) is 27.5. The predicted molar refractivity (Wildman–Crippen MR) is 76.9 cm³/mol. The van der Waals surface area contributed by atoms with Gasteiger partial charge in [0.1, 0.15) is 5.54 Å². The summed E-state index contributed by atoms with van der Waals surface area (Å²) in [5.74, 6) is 0.369. The lowest BCUT2D eigenvalue weighted by Crippen LogP contribution is -2.46. The zero-order chi connectivity index (χ0) is 14.6. The Morgan fingerprint density at radius 2 is 2.11 bits per heavy atom. The van der Waals surface area contributed by atoms with Gasteiger partial charge in [-0.05, 0) is 46.3 Å². The lowest BCUT2D eigenvalue weighted by molar-refractivity contribution is -0.146. The number of nitrogens with two attached hydrogens (primary N) is 1. The number of likely N-dealkylation sites (N-methyl/N-ethyl adjacent to an activating group) is 1. The third-order valence-corrected chi connectivity index (χ3v) is 4.13. The van der Waals surface area contributed by atoms with Crippen LogP contribution in [0.3, 0.4) is 0 Å². The van der Waals surface area contributed by atoms with Crippen molar-refractivity contribution < 1.29 is 9.53 Å². The van der Waals surface area contributed by atoms with Gasteiger partial charge in [0.2, 0.25) is 0 Å². The summed E-state index contributed by atoms with van der Waals surface area (Å²) in [7, 11) is 5.66. The van der Waals surface area contributed by atoms with E-state index >= 15 is 0 Å². The molecule has 0 spiro atoms. The van der Waals surface area contributed by atoms with Crippen molar-refractivity contribution in [2.45, 2.75) is 38.3 Å². The van der Waals surface area contributed by atoms with Gasteiger partial charge >= 0.3 is 5.97 Å². The fourth-order valence-corrected chi connectivity index (χ4v) is 2.91. The number of ether oxygens (including phenoxy) is 1. The molecule has 2 N–H and O–H groups in total. The Bertz CT molecular complexity index is 305. The van der Waals surface area contributed by atoms with Gasteiger partial charge in [0.15, 0.2) is 0 Å². The zero-order valence-corrected chi connectivity index (χ0v) is 13.0. The van der Waals surface area contributed by atoms with Crippen molar-refractivity contribution in [3.8, 4) is 0 Å². The van der Waals surface area contributed by atoms with E-state index in [1.807, 2.05) is 0 Å². The number of likely N-dealkylation sites (tertiary alicyclic amines) is 1. The number of carbonyl (C=O) groups excluding carboxylic acids is 1. The molecule has 5 heteroatoms. The van der Waals surface area contributed by atoms with Gasteiger partial charge in [-0.1, -0.05) is 6.92 Å². The zero-order valence-electron chi connectivity index (χ0n) is 13.0. The number of hydrogen-bond acceptors (Lipinski definition) is 5. The van der Waals surface area contributed by atoms with E-state index in [-0.39, 0.29) is 5.97 Å². The van der Waals surface area contributed by atoms with Crippen LogP contribution >= 0.6 is 0 Å². The van der Waals surface area contributed by atoms with Crippen LogP contribution in [0.5, 0.6) is 0 Å². The summed E-state index contributed by atoms with van der Waals surface area (Å²) in [5.41, 5.74) is 5.10. The van der Waals surface area contributed by atoms with Crippen molar-refractivity contribution >= 4 is 5.97 Å². The second kappa shape index (κ2) is 6.68. The highest BCUT2D eigenvalue weighted by Crippen LogP contribution is 2.21. The molecule has 1 fully saturated rings. The molecule has 0 aromatic heterocycles. The molecule has 5 nitrogen and oxygen atoms in total. The number of nitrogens with zero attached hydrogens (tertiary/aromatic N) is 2. The van der Waals surface area contributed by atoms with E-state index < -0.39 is 5.54 Å². The first-order chi connectivity index (χ1) is 8.77. The Hall–Kier alpha value is -0.650. The highest BCUT2D eigenvalue weighted by atomic mass is 16.5. The average molecular weight is 271 g/mol. The number of hydrogen-bond donors (Lipinski definition) is 1. The van der Waals surface area contributed by atoms with Crippen molar-refractivity contribution in [3.63, 3.8) is 0 Å². The molecule has 1 heterocycles. The summed E-state index contributed by atoms with van der Waals surface area (Å²) < 4.78 is 4.72. The van der Waals surface area contributed by atoms with Crippen molar-refractivity contribution in [2.75, 3.05) is 40.8 Å². The van der Waals surface area contributed by atoms with Crippen LogP contribution in [0.25, 0.3) is 0 Å². The SMILES string of the molecule is COC(=O)C(C)(N)CCCN1CC(C)C(N(C)C)C1. The molecule has 0 amide bonds. The molecule has 0 aromatic rings. The van der Waals surface area contributed by atoms with Crippen molar-refractivity contribution in [1.82, 2.24) is 9.80 Å². The molecule has 1 aliphatic heterocycles. The van der Waals surface area contributed by atoms with Crippen LogP contribution in [0, 0.1) is 5.92 Å². The number of esters is 1. The largest absolute Gasteiger partial charge is 0.468 e. The van der Waals surface area contributed by atoms with Gasteiger partial charge < -0.3 is 20.3 Å². The summed E-state index contributed by atoms with van der Waals surface area (Å²) in [5, 5.41) is 0. The van der Waals surface area contributed by atoms with Gasteiger partial charge in [0.05, 0.1) is 7.11 Å². The molecule has 0 radical (unpaired) electrons. The minimum Gasteiger partial charge on any atom is -0.468 e. The molecule has 1 rings (SSSR count). The first-order valence-corrected chi connectivity index (χ1v) is 7.04. The highest BCUT2D eigenvalue weighted by Gasteiger charge is 2.32. The van der Waals surface area contributed by atoms with Crippen molar-refractivity contribution in [1.29, 1.82) is 0 Å². The fourth-order valence-electron chi connectivity index (χ4n) is 2.91. The van der Waals surface area contributed by atoms with Crippen LogP contribution in [0.2, 0.25) is 0 Å². The maximum Gasteiger partial charge on any atom is 0.325 e. The maximum absolute atomic E-state index is 11.5. The van der Waals surface area contributed by atoms with Crippen LogP contribution in [-0.2, 0) is 9.53 Å². The van der Waals surface area contributed by atoms with Crippen molar-refractivity contribution in [3.05, 3.63) is 0 Å². The van der Waals surface area contributed by atoms with E-state index in [0.717, 1.165) is 26.1 Å². The van der Waals surface area contributed by atoms with E-state index in [1.54, 1.807) is 6.92 Å². The third-order valence-electron chi connectivity index (χ3n) is 4.13. The summed E-state index contributed by atoms with van der Waals surface area (Å²) in [4.78, 5) is 16.2. The van der Waals surface area contributed by atoms with Gasteiger partial charge in [-0.25, -0.2) is 0 Å². The van der Waals surface area contributed by atoms with E-state index in [2.05, 4.69) is 30.8 Å². The summed E-state index contributed by atoms with van der Waals surface area (Å²) in [6, 6.07) is 0.630. The molecular formula is C14H29N3O2. The van der Waals surface area contributed by atoms with E-state index in [9.17, 15) is 4.79 Å². The smallest absolute Gasteiger partial charge is 0.325 e. The molecule has 0 bridgehead atoms. The molecule has 0 saturated carbocycles. The fraction of sp³-hybridized carbons (Fsp3) is 0.929. The second-order valence-electron chi connectivity index (χ2n) is 6.28. The van der Waals surface area contributed by atoms with Crippen LogP contribution in [0.1, 0.15) is 26.7 Å². The summed E-state index contributed by atoms with van der Waals surface area (Å²) in [6.07, 6.45) is 1.59. The highest BCUT2D eigenvalue weighted by molar-refractivity contribution is 5.79. The Kier molecular flexibility index (Phi) is 5.77. The first-order valence-electron chi connectivity index (χ1n) is 7.04. The van der Waals surface area contributed by atoms with Gasteiger partial charge in [0, 0.05) is 19.1 Å². The molecule has 1 aliphatic rings. The molecule has 0 aliphatic carbocycles. The van der Waals surface area contributed by atoms with Gasteiger partial charge in [-0.2, -0.15) is 0 Å². The quantitative estimate of drug-likeness (QED) is 0.715. The van der Waals surface area contributed by atoms with Crippen LogP contribution in [0.15, 0.2) is 0 Å². The molecule has 19 heavy (non-hydrogen) atoms. The lowest BCUT2D eigenvalue weighted by atomic mass is 9.97. The Morgan fingerprint density at radius 1 is 1.47 bits per heavy atom. The molecule has 3 unspecified atom stereocenters. The number of carbonyl (C=O) groups is 1. The molecule has 1 saturated heterocycles. The standard InChI is InChI=1S/C14H29N3O2/c1-11-9-17(10-12(11)16(3)4)8-6-7-14(2,15)13(18)19-5/h11-12H,6-10,15H2,1-5H3. The topological polar surface area (TPSA) is 58.8 Å². The lowest BCUT2D eigenvalue weighted by Gasteiger charge is -2.24. The van der Waals surface area contributed by atoms with Gasteiger partial charge in [-0.15, -0.1) is 0 Å². The number of methoxy groups -OCH3 is 1.